The third kappa shape index (κ3) is 3.47. The molecule has 0 spiro atoms. The monoisotopic (exact) mass is 462 g/mol. The number of benzene rings is 2. The van der Waals surface area contributed by atoms with Gasteiger partial charge in [0.2, 0.25) is 11.7 Å². The van der Waals surface area contributed by atoms with Crippen LogP contribution in [0.1, 0.15) is 11.5 Å². The van der Waals surface area contributed by atoms with Crippen molar-refractivity contribution in [3.8, 4) is 11.4 Å². The Morgan fingerprint density at radius 1 is 1.16 bits per heavy atom. The molecule has 6 nitrogen and oxygen atoms in total. The second-order valence-corrected chi connectivity index (χ2v) is 8.12. The molecule has 0 radical (unpaired) electrons. The molecule has 11 heteroatoms. The number of hydrogen-bond acceptors (Lipinski definition) is 6. The van der Waals surface area contributed by atoms with E-state index >= 15 is 0 Å². The number of fused-ring (bicyclic) bond motifs is 3. The van der Waals surface area contributed by atoms with Gasteiger partial charge in [0.1, 0.15) is 11.2 Å². The predicted octanol–water partition coefficient (Wildman–Crippen LogP) is 5.38. The lowest BCUT2D eigenvalue weighted by atomic mass is 10.1. The number of halogens is 4. The van der Waals surface area contributed by atoms with Gasteiger partial charge in [-0.25, -0.2) is 4.98 Å². The molecule has 156 valence electrons. The van der Waals surface area contributed by atoms with Gasteiger partial charge in [0.05, 0.1) is 22.4 Å². The van der Waals surface area contributed by atoms with E-state index in [4.69, 9.17) is 16.1 Å². The van der Waals surface area contributed by atoms with Crippen LogP contribution < -0.4 is 5.56 Å². The van der Waals surface area contributed by atoms with Crippen LogP contribution in [0.4, 0.5) is 13.2 Å². The van der Waals surface area contributed by atoms with Gasteiger partial charge < -0.3 is 4.52 Å². The van der Waals surface area contributed by atoms with Crippen molar-refractivity contribution in [3.05, 3.63) is 75.6 Å². The van der Waals surface area contributed by atoms with Crippen LogP contribution in [0.3, 0.4) is 0 Å². The van der Waals surface area contributed by atoms with E-state index in [-0.39, 0.29) is 29.4 Å². The normalized spacial score (nSPS) is 12.1. The number of thiophene rings is 1. The van der Waals surface area contributed by atoms with Crippen molar-refractivity contribution < 1.29 is 17.7 Å². The summed E-state index contributed by atoms with van der Waals surface area (Å²) in [5, 5.41) is 4.97. The van der Waals surface area contributed by atoms with Crippen molar-refractivity contribution in [1.82, 2.24) is 19.7 Å². The van der Waals surface area contributed by atoms with Gasteiger partial charge in [-0.2, -0.15) is 18.2 Å². The summed E-state index contributed by atoms with van der Waals surface area (Å²) in [6.07, 6.45) is -3.13. The highest BCUT2D eigenvalue weighted by Crippen LogP contribution is 2.35. The molecule has 5 rings (SSSR count). The van der Waals surface area contributed by atoms with E-state index in [2.05, 4.69) is 15.1 Å². The standard InChI is InChI=1S/C20H10ClF3N4O2S/c21-12-5-2-6-13-15(12)16-17(31-13)19(29)28(9-25-16)8-14-26-18(27-30-14)10-3-1-4-11(7-10)20(22,23)24/h1-7,9H,8H2. The number of rotatable bonds is 3. The predicted molar refractivity (Wildman–Crippen MR) is 110 cm³/mol. The Morgan fingerprint density at radius 2 is 1.97 bits per heavy atom. The lowest BCUT2D eigenvalue weighted by Gasteiger charge is -2.06. The van der Waals surface area contributed by atoms with E-state index in [0.29, 0.717) is 15.2 Å². The van der Waals surface area contributed by atoms with Gasteiger partial charge in [-0.15, -0.1) is 11.3 Å². The van der Waals surface area contributed by atoms with Gasteiger partial charge in [0.15, 0.2) is 0 Å². The molecule has 0 saturated heterocycles. The molecule has 5 aromatic rings. The first-order chi connectivity index (χ1) is 14.8. The Hall–Kier alpha value is -3.24. The maximum Gasteiger partial charge on any atom is 0.416 e. The minimum atomic E-state index is -4.48. The summed E-state index contributed by atoms with van der Waals surface area (Å²) >= 11 is 7.53. The fraction of sp³-hybridized carbons (Fsp3) is 0.100. The Bertz CT molecular complexity index is 1510. The maximum absolute atomic E-state index is 12.9. The first kappa shape index (κ1) is 19.7. The zero-order chi connectivity index (χ0) is 21.8. The van der Waals surface area contributed by atoms with Gasteiger partial charge in [-0.3, -0.25) is 9.36 Å². The van der Waals surface area contributed by atoms with Crippen molar-refractivity contribution in [3.63, 3.8) is 0 Å². The summed E-state index contributed by atoms with van der Waals surface area (Å²) in [6.45, 7) is -0.0737. The molecule has 2 aromatic carbocycles. The first-order valence-corrected chi connectivity index (χ1v) is 10.1. The highest BCUT2D eigenvalue weighted by atomic mass is 35.5. The third-order valence-electron chi connectivity index (χ3n) is 4.64. The van der Waals surface area contributed by atoms with Crippen LogP contribution in [0, 0.1) is 0 Å². The van der Waals surface area contributed by atoms with Gasteiger partial charge in [0, 0.05) is 15.6 Å². The second-order valence-electron chi connectivity index (χ2n) is 6.66. The molecule has 0 aliphatic rings. The molecule has 0 bridgehead atoms. The molecular weight excluding hydrogens is 453 g/mol. The molecule has 3 aromatic heterocycles. The van der Waals surface area contributed by atoms with E-state index in [9.17, 15) is 18.0 Å². The van der Waals surface area contributed by atoms with Crippen molar-refractivity contribution >= 4 is 43.2 Å². The fourth-order valence-corrected chi connectivity index (χ4v) is 4.65. The van der Waals surface area contributed by atoms with E-state index in [1.165, 1.54) is 34.4 Å². The van der Waals surface area contributed by atoms with Crippen LogP contribution in [0.25, 0.3) is 31.7 Å². The molecule has 0 aliphatic heterocycles. The van der Waals surface area contributed by atoms with Crippen molar-refractivity contribution in [2.75, 3.05) is 0 Å². The van der Waals surface area contributed by atoms with Gasteiger partial charge in [-0.1, -0.05) is 35.0 Å². The Balaban J connectivity index is 1.50. The van der Waals surface area contributed by atoms with Crippen LogP contribution in [-0.4, -0.2) is 19.7 Å². The average molecular weight is 463 g/mol. The summed E-state index contributed by atoms with van der Waals surface area (Å²) in [6, 6.07) is 10.0. The lowest BCUT2D eigenvalue weighted by Crippen LogP contribution is -2.20. The highest BCUT2D eigenvalue weighted by Gasteiger charge is 2.30. The molecule has 0 N–H and O–H groups in total. The van der Waals surface area contributed by atoms with Crippen molar-refractivity contribution in [2.45, 2.75) is 12.7 Å². The van der Waals surface area contributed by atoms with E-state index < -0.39 is 11.7 Å². The van der Waals surface area contributed by atoms with Crippen LogP contribution in [0.2, 0.25) is 5.02 Å². The minimum Gasteiger partial charge on any atom is -0.337 e. The molecule has 0 fully saturated rings. The first-order valence-electron chi connectivity index (χ1n) is 8.87. The minimum absolute atomic E-state index is 0.00294. The quantitative estimate of drug-likeness (QED) is 0.360. The molecule has 0 atom stereocenters. The number of hydrogen-bond donors (Lipinski definition) is 0. The van der Waals surface area contributed by atoms with Gasteiger partial charge >= 0.3 is 6.18 Å². The van der Waals surface area contributed by atoms with Crippen molar-refractivity contribution in [2.24, 2.45) is 0 Å². The number of aromatic nitrogens is 4. The lowest BCUT2D eigenvalue weighted by molar-refractivity contribution is -0.137. The van der Waals surface area contributed by atoms with Gasteiger partial charge in [-0.05, 0) is 24.3 Å². The molecule has 0 saturated carbocycles. The molecule has 3 heterocycles. The molecule has 31 heavy (non-hydrogen) atoms. The summed E-state index contributed by atoms with van der Waals surface area (Å²) < 4.78 is 46.5. The Labute approximate surface area is 180 Å². The Kier molecular flexibility index (Phi) is 4.56. The summed E-state index contributed by atoms with van der Waals surface area (Å²) in [4.78, 5) is 21.4. The average Bonchev–Trinajstić information content (AvgIpc) is 3.35. The molecule has 0 amide bonds. The van der Waals surface area contributed by atoms with Gasteiger partial charge in [0.25, 0.3) is 5.56 Å². The summed E-state index contributed by atoms with van der Waals surface area (Å²) in [7, 11) is 0. The van der Waals surface area contributed by atoms with Crippen LogP contribution >= 0.6 is 22.9 Å². The largest absolute Gasteiger partial charge is 0.416 e. The zero-order valence-electron chi connectivity index (χ0n) is 15.4. The maximum atomic E-state index is 12.9. The zero-order valence-corrected chi connectivity index (χ0v) is 16.9. The SMILES string of the molecule is O=c1c2sc3cccc(Cl)c3c2ncn1Cc1nc(-c2cccc(C(F)(F)F)c2)no1. The second kappa shape index (κ2) is 7.17. The molecule has 0 unspecified atom stereocenters. The topological polar surface area (TPSA) is 73.8 Å². The third-order valence-corrected chi connectivity index (χ3v) is 6.09. The van der Waals surface area contributed by atoms with E-state index in [0.717, 1.165) is 22.2 Å². The fourth-order valence-electron chi connectivity index (χ4n) is 3.20. The van der Waals surface area contributed by atoms with Crippen LogP contribution in [0.5, 0.6) is 0 Å². The van der Waals surface area contributed by atoms with Crippen LogP contribution in [0.15, 0.2) is 58.1 Å². The molecule has 0 aliphatic carbocycles. The van der Waals surface area contributed by atoms with Crippen molar-refractivity contribution in [1.29, 1.82) is 0 Å². The summed E-state index contributed by atoms with van der Waals surface area (Å²) in [5.41, 5.74) is -0.446. The molecular formula is C20H10ClF3N4O2S. The Morgan fingerprint density at radius 3 is 2.77 bits per heavy atom. The van der Waals surface area contributed by atoms with E-state index in [1.807, 2.05) is 6.07 Å². The van der Waals surface area contributed by atoms with E-state index in [1.54, 1.807) is 12.1 Å². The van der Waals surface area contributed by atoms with Crippen LogP contribution in [-0.2, 0) is 12.7 Å². The number of alkyl halides is 3. The highest BCUT2D eigenvalue weighted by molar-refractivity contribution is 7.25. The summed E-state index contributed by atoms with van der Waals surface area (Å²) in [5.74, 6) is 0.0617. The smallest absolute Gasteiger partial charge is 0.337 e. The number of nitrogens with zero attached hydrogens (tertiary/aromatic N) is 4.